The number of carbonyl (C=O) groups is 1. The molecule has 0 aliphatic heterocycles. The van der Waals surface area contributed by atoms with E-state index < -0.39 is 29.1 Å². The molecule has 1 rings (SSSR count). The number of aliphatic hydroxyl groups is 1. The fourth-order valence-electron chi connectivity index (χ4n) is 3.70. The van der Waals surface area contributed by atoms with Gasteiger partial charge in [-0.3, -0.25) is 4.79 Å². The summed E-state index contributed by atoms with van der Waals surface area (Å²) in [5.74, 6) is -1.61. The predicted octanol–water partition coefficient (Wildman–Crippen LogP) is 4.57. The Bertz CT molecular complexity index is 645. The molecule has 184 valence electrons. The standard InChI is InChI=1S/C26H45NO5/c1-7-10-11-12-13-20-14-16-21(17-15-20)23(27)22(24(28)32-25(4,5)6)26(29,18-30-8-2)19-31-9-3/h14-17,22-23,29H,7-13,18-19,27H2,1-6H3. The van der Waals surface area contributed by atoms with Crippen molar-refractivity contribution < 1.29 is 24.1 Å². The van der Waals surface area contributed by atoms with Gasteiger partial charge >= 0.3 is 5.97 Å². The molecule has 1 aromatic rings. The molecule has 1 aromatic carbocycles. The van der Waals surface area contributed by atoms with Gasteiger partial charge in [0.05, 0.1) is 13.2 Å². The molecule has 0 saturated carbocycles. The number of rotatable bonds is 15. The van der Waals surface area contributed by atoms with Gasteiger partial charge < -0.3 is 25.1 Å². The smallest absolute Gasteiger partial charge is 0.314 e. The first-order valence-electron chi connectivity index (χ1n) is 12.0. The maximum absolute atomic E-state index is 13.2. The summed E-state index contributed by atoms with van der Waals surface area (Å²) in [4.78, 5) is 13.2. The summed E-state index contributed by atoms with van der Waals surface area (Å²) < 4.78 is 16.7. The third-order valence-electron chi connectivity index (χ3n) is 5.39. The molecule has 0 spiro atoms. The minimum absolute atomic E-state index is 0.0728. The van der Waals surface area contributed by atoms with Gasteiger partial charge in [0.25, 0.3) is 0 Å². The molecule has 6 nitrogen and oxygen atoms in total. The minimum atomic E-state index is -1.62. The third-order valence-corrected chi connectivity index (χ3v) is 5.39. The highest BCUT2D eigenvalue weighted by Crippen LogP contribution is 2.33. The first kappa shape index (κ1) is 28.6. The van der Waals surface area contributed by atoms with E-state index in [1.807, 2.05) is 26.0 Å². The molecule has 0 heterocycles. The van der Waals surface area contributed by atoms with Crippen LogP contribution in [0.1, 0.15) is 84.4 Å². The van der Waals surface area contributed by atoms with Crippen LogP contribution < -0.4 is 5.73 Å². The molecule has 0 aromatic heterocycles. The van der Waals surface area contributed by atoms with Gasteiger partial charge in [-0.05, 0) is 58.6 Å². The highest BCUT2D eigenvalue weighted by molar-refractivity contribution is 5.75. The van der Waals surface area contributed by atoms with Crippen LogP contribution in [0, 0.1) is 5.92 Å². The number of carbonyl (C=O) groups excluding carboxylic acids is 1. The first-order chi connectivity index (χ1) is 15.1. The zero-order chi connectivity index (χ0) is 24.2. The lowest BCUT2D eigenvalue weighted by Crippen LogP contribution is -2.55. The summed E-state index contributed by atoms with van der Waals surface area (Å²) in [6, 6.07) is 7.22. The minimum Gasteiger partial charge on any atom is -0.460 e. The van der Waals surface area contributed by atoms with Crippen LogP contribution in [0.25, 0.3) is 0 Å². The molecule has 0 amide bonds. The molecule has 0 aliphatic carbocycles. The van der Waals surface area contributed by atoms with Crippen molar-refractivity contribution >= 4 is 5.97 Å². The Labute approximate surface area is 194 Å². The molecular formula is C26H45NO5. The molecule has 6 heteroatoms. The van der Waals surface area contributed by atoms with Crippen molar-refractivity contribution in [1.29, 1.82) is 0 Å². The van der Waals surface area contributed by atoms with E-state index >= 15 is 0 Å². The quantitative estimate of drug-likeness (QED) is 0.300. The third kappa shape index (κ3) is 9.57. The highest BCUT2D eigenvalue weighted by atomic mass is 16.6. The Balaban J connectivity index is 3.17. The molecule has 0 fully saturated rings. The van der Waals surface area contributed by atoms with Crippen molar-refractivity contribution in [2.75, 3.05) is 26.4 Å². The van der Waals surface area contributed by atoms with Crippen molar-refractivity contribution in [3.8, 4) is 0 Å². The average molecular weight is 452 g/mol. The second-order valence-corrected chi connectivity index (χ2v) is 9.47. The van der Waals surface area contributed by atoms with Gasteiger partial charge in [-0.25, -0.2) is 0 Å². The van der Waals surface area contributed by atoms with E-state index in [2.05, 4.69) is 19.1 Å². The van der Waals surface area contributed by atoms with E-state index in [4.69, 9.17) is 19.9 Å². The van der Waals surface area contributed by atoms with Crippen molar-refractivity contribution in [1.82, 2.24) is 0 Å². The van der Waals surface area contributed by atoms with Crippen molar-refractivity contribution in [2.45, 2.75) is 90.9 Å². The second-order valence-electron chi connectivity index (χ2n) is 9.47. The second kappa shape index (κ2) is 13.9. The average Bonchev–Trinajstić information content (AvgIpc) is 2.73. The molecule has 3 N–H and O–H groups in total. The van der Waals surface area contributed by atoms with Crippen molar-refractivity contribution in [3.05, 3.63) is 35.4 Å². The largest absolute Gasteiger partial charge is 0.460 e. The van der Waals surface area contributed by atoms with Gasteiger partial charge in [-0.2, -0.15) is 0 Å². The Morgan fingerprint density at radius 3 is 2.00 bits per heavy atom. The number of aryl methyl sites for hydroxylation is 1. The van der Waals surface area contributed by atoms with Gasteiger partial charge in [0.2, 0.25) is 0 Å². The SMILES string of the molecule is CCCCCCc1ccc(C(N)C(C(=O)OC(C)(C)C)C(O)(COCC)COCC)cc1. The lowest BCUT2D eigenvalue weighted by molar-refractivity contribution is -0.184. The summed E-state index contributed by atoms with van der Waals surface area (Å²) in [5, 5.41) is 11.5. The van der Waals surface area contributed by atoms with E-state index in [0.717, 1.165) is 18.4 Å². The summed E-state index contributed by atoms with van der Waals surface area (Å²) in [5.41, 5.74) is 6.28. The Hall–Kier alpha value is -1.47. The number of benzene rings is 1. The molecule has 2 atom stereocenters. The predicted molar refractivity (Wildman–Crippen MR) is 128 cm³/mol. The molecular weight excluding hydrogens is 406 g/mol. The Kier molecular flexibility index (Phi) is 12.4. The maximum Gasteiger partial charge on any atom is 0.314 e. The lowest BCUT2D eigenvalue weighted by Gasteiger charge is -2.38. The van der Waals surface area contributed by atoms with E-state index in [-0.39, 0.29) is 13.2 Å². The highest BCUT2D eigenvalue weighted by Gasteiger charge is 2.48. The summed E-state index contributed by atoms with van der Waals surface area (Å²) in [6.07, 6.45) is 5.86. The fourth-order valence-corrected chi connectivity index (χ4v) is 3.70. The lowest BCUT2D eigenvalue weighted by atomic mass is 9.79. The van der Waals surface area contributed by atoms with Crippen molar-refractivity contribution in [2.24, 2.45) is 11.7 Å². The Morgan fingerprint density at radius 1 is 0.969 bits per heavy atom. The molecule has 32 heavy (non-hydrogen) atoms. The number of esters is 1. The van der Waals surface area contributed by atoms with E-state index in [0.29, 0.717) is 13.2 Å². The van der Waals surface area contributed by atoms with Crippen molar-refractivity contribution in [3.63, 3.8) is 0 Å². The van der Waals surface area contributed by atoms with E-state index in [1.54, 1.807) is 20.8 Å². The monoisotopic (exact) mass is 451 g/mol. The Morgan fingerprint density at radius 2 is 1.53 bits per heavy atom. The number of unbranched alkanes of at least 4 members (excludes halogenated alkanes) is 3. The van der Waals surface area contributed by atoms with Crippen LogP contribution in [0.15, 0.2) is 24.3 Å². The normalized spacial score (nSPS) is 14.2. The van der Waals surface area contributed by atoms with Crippen LogP contribution >= 0.6 is 0 Å². The topological polar surface area (TPSA) is 91.0 Å². The van der Waals surface area contributed by atoms with Gasteiger partial charge in [-0.1, -0.05) is 50.5 Å². The van der Waals surface area contributed by atoms with Gasteiger partial charge in [0.15, 0.2) is 0 Å². The number of ether oxygens (including phenoxy) is 3. The molecule has 2 unspecified atom stereocenters. The summed E-state index contributed by atoms with van der Waals surface area (Å²) in [7, 11) is 0. The fraction of sp³-hybridized carbons (Fsp3) is 0.731. The molecule has 0 bridgehead atoms. The zero-order valence-corrected chi connectivity index (χ0v) is 21.0. The number of nitrogens with two attached hydrogens (primary N) is 1. The maximum atomic E-state index is 13.2. The molecule has 0 aliphatic rings. The number of hydrogen-bond acceptors (Lipinski definition) is 6. The van der Waals surface area contributed by atoms with Crippen LogP contribution in [0.3, 0.4) is 0 Å². The van der Waals surface area contributed by atoms with Crippen LogP contribution in [0.5, 0.6) is 0 Å². The van der Waals surface area contributed by atoms with E-state index in [9.17, 15) is 9.90 Å². The van der Waals surface area contributed by atoms with Crippen LogP contribution in [-0.2, 0) is 25.4 Å². The van der Waals surface area contributed by atoms with E-state index in [1.165, 1.54) is 24.8 Å². The molecule has 0 saturated heterocycles. The van der Waals surface area contributed by atoms with Crippen LogP contribution in [0.4, 0.5) is 0 Å². The molecule has 0 radical (unpaired) electrons. The number of hydrogen-bond donors (Lipinski definition) is 2. The summed E-state index contributed by atoms with van der Waals surface area (Å²) >= 11 is 0. The van der Waals surface area contributed by atoms with Gasteiger partial charge in [-0.15, -0.1) is 0 Å². The van der Waals surface area contributed by atoms with Crippen LogP contribution in [0.2, 0.25) is 0 Å². The summed E-state index contributed by atoms with van der Waals surface area (Å²) in [6.45, 7) is 11.9. The van der Waals surface area contributed by atoms with Gasteiger partial charge in [0.1, 0.15) is 17.1 Å². The zero-order valence-electron chi connectivity index (χ0n) is 21.0. The first-order valence-corrected chi connectivity index (χ1v) is 12.0. The van der Waals surface area contributed by atoms with Gasteiger partial charge in [0, 0.05) is 19.3 Å². The van der Waals surface area contributed by atoms with Crippen LogP contribution in [-0.4, -0.2) is 48.7 Å².